The first kappa shape index (κ1) is 28.6. The summed E-state index contributed by atoms with van der Waals surface area (Å²) in [5, 5.41) is 5.50. The molecule has 176 valence electrons. The van der Waals surface area contributed by atoms with Crippen LogP contribution in [0.1, 0.15) is 116 Å². The summed E-state index contributed by atoms with van der Waals surface area (Å²) < 4.78 is 0. The van der Waals surface area contributed by atoms with Crippen molar-refractivity contribution in [1.29, 1.82) is 0 Å². The van der Waals surface area contributed by atoms with Crippen LogP contribution in [0.25, 0.3) is 0 Å². The van der Waals surface area contributed by atoms with Gasteiger partial charge in [0.15, 0.2) is 0 Å². The molecule has 0 radical (unpaired) electrons. The van der Waals surface area contributed by atoms with Crippen LogP contribution in [0.4, 0.5) is 0 Å². The van der Waals surface area contributed by atoms with Gasteiger partial charge < -0.3 is 16.4 Å². The van der Waals surface area contributed by atoms with Crippen molar-refractivity contribution in [1.82, 2.24) is 10.6 Å². The minimum atomic E-state index is -0.433. The van der Waals surface area contributed by atoms with Gasteiger partial charge in [-0.2, -0.15) is 0 Å². The third kappa shape index (κ3) is 18.7. The highest BCUT2D eigenvalue weighted by atomic mass is 16.2. The Labute approximate surface area is 186 Å². The largest absolute Gasteiger partial charge is 0.357 e. The minimum Gasteiger partial charge on any atom is -0.357 e. The summed E-state index contributed by atoms with van der Waals surface area (Å²) in [5.41, 5.74) is 5.50. The summed E-state index contributed by atoms with van der Waals surface area (Å²) in [5.74, 6) is -0.140. The van der Waals surface area contributed by atoms with Crippen LogP contribution in [0.2, 0.25) is 0 Å². The summed E-state index contributed by atoms with van der Waals surface area (Å²) in [6, 6.07) is -0.433. The molecule has 0 aliphatic carbocycles. The molecular weight excluding hydrogens is 374 g/mol. The van der Waals surface area contributed by atoms with Gasteiger partial charge in [0, 0.05) is 13.5 Å². The lowest BCUT2D eigenvalue weighted by Crippen LogP contribution is -2.45. The second-order valence-corrected chi connectivity index (χ2v) is 8.35. The molecule has 1 unspecified atom stereocenters. The van der Waals surface area contributed by atoms with Crippen molar-refractivity contribution in [3.05, 3.63) is 12.2 Å². The topological polar surface area (TPSA) is 84.2 Å². The number of carbonyl (C=O) groups is 2. The zero-order valence-corrected chi connectivity index (χ0v) is 19.9. The highest BCUT2D eigenvalue weighted by molar-refractivity contribution is 5.87. The Balaban J connectivity index is 3.60. The van der Waals surface area contributed by atoms with Gasteiger partial charge in [-0.3, -0.25) is 9.59 Å². The number of amides is 2. The minimum absolute atomic E-state index is 0.0195. The van der Waals surface area contributed by atoms with Crippen molar-refractivity contribution in [3.63, 3.8) is 0 Å². The van der Waals surface area contributed by atoms with Crippen LogP contribution < -0.4 is 16.4 Å². The second-order valence-electron chi connectivity index (χ2n) is 8.35. The van der Waals surface area contributed by atoms with E-state index in [1.807, 2.05) is 0 Å². The Morgan fingerprint density at radius 2 is 1.37 bits per heavy atom. The van der Waals surface area contributed by atoms with Gasteiger partial charge >= 0.3 is 0 Å². The van der Waals surface area contributed by atoms with Gasteiger partial charge in [0.2, 0.25) is 11.8 Å². The lowest BCUT2D eigenvalue weighted by atomic mass is 10.1. The highest BCUT2D eigenvalue weighted by Gasteiger charge is 2.18. The van der Waals surface area contributed by atoms with Crippen LogP contribution >= 0.6 is 0 Å². The monoisotopic (exact) mass is 423 g/mol. The van der Waals surface area contributed by atoms with Crippen LogP contribution in [-0.4, -0.2) is 31.4 Å². The summed E-state index contributed by atoms with van der Waals surface area (Å²) >= 11 is 0. The Morgan fingerprint density at radius 3 is 1.93 bits per heavy atom. The smallest absolute Gasteiger partial charge is 0.242 e. The first-order valence-electron chi connectivity index (χ1n) is 12.5. The molecule has 5 nitrogen and oxygen atoms in total. The van der Waals surface area contributed by atoms with E-state index >= 15 is 0 Å². The molecule has 0 heterocycles. The number of hydrogen-bond donors (Lipinski definition) is 3. The zero-order valence-electron chi connectivity index (χ0n) is 19.9. The van der Waals surface area contributed by atoms with E-state index in [4.69, 9.17) is 5.73 Å². The molecule has 4 N–H and O–H groups in total. The standard InChI is InChI=1S/C25H49N3O2/c1-3-4-5-6-7-8-9-10-11-12-13-14-15-16-17-21-24(29)28-23(25(30)27-2)20-18-19-22-26/h10-11,23H,3-9,12-22,26H2,1-2H3,(H,27,30)(H,28,29)/b11-10-. The van der Waals surface area contributed by atoms with Gasteiger partial charge in [-0.25, -0.2) is 0 Å². The normalized spacial score (nSPS) is 12.2. The van der Waals surface area contributed by atoms with E-state index in [0.717, 1.165) is 25.7 Å². The van der Waals surface area contributed by atoms with E-state index in [2.05, 4.69) is 29.7 Å². The molecule has 0 saturated heterocycles. The fourth-order valence-corrected chi connectivity index (χ4v) is 3.56. The molecule has 0 aliphatic heterocycles. The number of hydrogen-bond acceptors (Lipinski definition) is 3. The number of carbonyl (C=O) groups excluding carboxylic acids is 2. The zero-order chi connectivity index (χ0) is 22.3. The molecule has 1 atom stereocenters. The molecule has 0 bridgehead atoms. The van der Waals surface area contributed by atoms with Gasteiger partial charge in [-0.05, 0) is 57.9 Å². The molecule has 0 aromatic carbocycles. The summed E-state index contributed by atoms with van der Waals surface area (Å²) in [6.07, 6.45) is 23.7. The van der Waals surface area contributed by atoms with E-state index in [9.17, 15) is 9.59 Å². The molecule has 0 saturated carbocycles. The van der Waals surface area contributed by atoms with E-state index in [0.29, 0.717) is 19.4 Å². The van der Waals surface area contributed by atoms with Crippen LogP contribution in [0.5, 0.6) is 0 Å². The average molecular weight is 424 g/mol. The average Bonchev–Trinajstić information content (AvgIpc) is 2.75. The maximum absolute atomic E-state index is 12.1. The molecule has 0 spiro atoms. The van der Waals surface area contributed by atoms with Gasteiger partial charge in [0.05, 0.1) is 0 Å². The predicted molar refractivity (Wildman–Crippen MR) is 128 cm³/mol. The first-order chi connectivity index (χ1) is 14.7. The van der Waals surface area contributed by atoms with Crippen molar-refractivity contribution in [2.75, 3.05) is 13.6 Å². The second kappa shape index (κ2) is 22.3. The molecular formula is C25H49N3O2. The molecule has 30 heavy (non-hydrogen) atoms. The number of unbranched alkanes of at least 4 members (excludes halogenated alkanes) is 12. The van der Waals surface area contributed by atoms with E-state index in [1.165, 1.54) is 70.6 Å². The molecule has 5 heteroatoms. The molecule has 0 aromatic heterocycles. The quantitative estimate of drug-likeness (QED) is 0.171. The van der Waals surface area contributed by atoms with Crippen molar-refractivity contribution in [2.24, 2.45) is 5.73 Å². The number of likely N-dealkylation sites (N-methyl/N-ethyl adjacent to an activating group) is 1. The van der Waals surface area contributed by atoms with Crippen LogP contribution in [0.15, 0.2) is 12.2 Å². The van der Waals surface area contributed by atoms with Crippen LogP contribution in [0, 0.1) is 0 Å². The lowest BCUT2D eigenvalue weighted by Gasteiger charge is -2.17. The summed E-state index contributed by atoms with van der Waals surface area (Å²) in [7, 11) is 1.61. The van der Waals surface area contributed by atoms with Crippen molar-refractivity contribution in [2.45, 2.75) is 122 Å². The number of allylic oxidation sites excluding steroid dienone is 2. The Kier molecular flexibility index (Phi) is 21.3. The number of nitrogens with one attached hydrogen (secondary N) is 2. The van der Waals surface area contributed by atoms with Gasteiger partial charge in [-0.15, -0.1) is 0 Å². The first-order valence-corrected chi connectivity index (χ1v) is 12.5. The van der Waals surface area contributed by atoms with Gasteiger partial charge in [-0.1, -0.05) is 70.4 Å². The maximum atomic E-state index is 12.1. The van der Waals surface area contributed by atoms with Crippen molar-refractivity contribution in [3.8, 4) is 0 Å². The molecule has 0 aromatic rings. The van der Waals surface area contributed by atoms with E-state index in [-0.39, 0.29) is 11.8 Å². The predicted octanol–water partition coefficient (Wildman–Crippen LogP) is 5.38. The molecule has 0 fully saturated rings. The third-order valence-electron chi connectivity index (χ3n) is 5.51. The van der Waals surface area contributed by atoms with Crippen LogP contribution in [0.3, 0.4) is 0 Å². The fraction of sp³-hybridized carbons (Fsp3) is 0.840. The Hall–Kier alpha value is -1.36. The van der Waals surface area contributed by atoms with Crippen LogP contribution in [-0.2, 0) is 9.59 Å². The Bertz CT molecular complexity index is 438. The molecule has 0 rings (SSSR count). The summed E-state index contributed by atoms with van der Waals surface area (Å²) in [4.78, 5) is 24.0. The molecule has 2 amide bonds. The van der Waals surface area contributed by atoms with Crippen molar-refractivity contribution < 1.29 is 9.59 Å². The third-order valence-corrected chi connectivity index (χ3v) is 5.51. The molecule has 0 aliphatic rings. The van der Waals surface area contributed by atoms with E-state index in [1.54, 1.807) is 7.05 Å². The number of rotatable bonds is 21. The van der Waals surface area contributed by atoms with Gasteiger partial charge in [0.25, 0.3) is 0 Å². The lowest BCUT2D eigenvalue weighted by molar-refractivity contribution is -0.129. The van der Waals surface area contributed by atoms with Gasteiger partial charge in [0.1, 0.15) is 6.04 Å². The fourth-order valence-electron chi connectivity index (χ4n) is 3.56. The Morgan fingerprint density at radius 1 is 0.800 bits per heavy atom. The maximum Gasteiger partial charge on any atom is 0.242 e. The SMILES string of the molecule is CCCCCCCC/C=C\CCCCCCCC(=O)NC(CCCCN)C(=O)NC. The van der Waals surface area contributed by atoms with E-state index < -0.39 is 6.04 Å². The number of nitrogens with two attached hydrogens (primary N) is 1. The summed E-state index contributed by atoms with van der Waals surface area (Å²) in [6.45, 7) is 2.87. The highest BCUT2D eigenvalue weighted by Crippen LogP contribution is 2.10. The van der Waals surface area contributed by atoms with Crippen molar-refractivity contribution >= 4 is 11.8 Å².